The van der Waals surface area contributed by atoms with Crippen LogP contribution in [0.2, 0.25) is 0 Å². The normalized spacial score (nSPS) is 11.6. The van der Waals surface area contributed by atoms with Gasteiger partial charge in [-0.2, -0.15) is 13.2 Å². The van der Waals surface area contributed by atoms with E-state index in [2.05, 4.69) is 10.6 Å². The fraction of sp³-hybridized carbons (Fsp3) is 0.0833. The molecule has 0 aliphatic rings. The zero-order chi connectivity index (χ0) is 23.1. The number of carbonyl (C=O) groups excluding carboxylic acids is 2. The topological polar surface area (TPSA) is 67.4 Å². The quantitative estimate of drug-likeness (QED) is 0.495. The number of nitrogens with one attached hydrogen (secondary N) is 2. The van der Waals surface area contributed by atoms with Crippen LogP contribution in [0.25, 0.3) is 5.57 Å². The Hall–Kier alpha value is -4.07. The lowest BCUT2D eigenvalue weighted by molar-refractivity contribution is -0.112. The van der Waals surface area contributed by atoms with Gasteiger partial charge in [0.2, 0.25) is 5.91 Å². The first-order chi connectivity index (χ1) is 15.3. The fourth-order valence-electron chi connectivity index (χ4n) is 2.84. The van der Waals surface area contributed by atoms with Gasteiger partial charge in [0.15, 0.2) is 0 Å². The smallest absolute Gasteiger partial charge is 0.417 e. The van der Waals surface area contributed by atoms with Crippen molar-refractivity contribution in [3.05, 3.63) is 96.1 Å². The summed E-state index contributed by atoms with van der Waals surface area (Å²) in [5, 5.41) is 5.10. The van der Waals surface area contributed by atoms with Crippen LogP contribution in [-0.2, 0) is 4.79 Å². The van der Waals surface area contributed by atoms with Crippen LogP contribution in [0.4, 0.5) is 24.5 Å². The summed E-state index contributed by atoms with van der Waals surface area (Å²) in [6, 6.07) is 19.6. The minimum absolute atomic E-state index is 0.110. The number of benzene rings is 3. The van der Waals surface area contributed by atoms with E-state index in [1.807, 2.05) is 0 Å². The molecule has 0 atom stereocenters. The molecule has 0 heterocycles. The summed E-state index contributed by atoms with van der Waals surface area (Å²) < 4.78 is 45.2. The Balaban J connectivity index is 1.68. The molecule has 0 unspecified atom stereocenters. The highest BCUT2D eigenvalue weighted by molar-refractivity contribution is 6.06. The van der Waals surface area contributed by atoms with Crippen molar-refractivity contribution >= 4 is 28.8 Å². The van der Waals surface area contributed by atoms with Gasteiger partial charge in [-0.3, -0.25) is 9.59 Å². The summed E-state index contributed by atoms with van der Waals surface area (Å²) in [6.07, 6.45) is -4.18. The molecule has 32 heavy (non-hydrogen) atoms. The van der Waals surface area contributed by atoms with Crippen molar-refractivity contribution < 1.29 is 27.5 Å². The maximum atomic E-state index is 13.4. The lowest BCUT2D eigenvalue weighted by atomic mass is 10.1. The number of anilines is 2. The third-order valence-electron chi connectivity index (χ3n) is 4.43. The van der Waals surface area contributed by atoms with E-state index in [1.54, 1.807) is 30.3 Å². The lowest BCUT2D eigenvalue weighted by Crippen LogP contribution is -2.16. The van der Waals surface area contributed by atoms with Gasteiger partial charge in [0.1, 0.15) is 5.75 Å². The van der Waals surface area contributed by atoms with Crippen LogP contribution in [0.3, 0.4) is 0 Å². The van der Waals surface area contributed by atoms with E-state index in [-0.39, 0.29) is 17.2 Å². The number of methoxy groups -OCH3 is 1. The molecule has 2 amide bonds. The molecule has 8 heteroatoms. The molecular weight excluding hydrogens is 421 g/mol. The number of hydrogen-bond donors (Lipinski definition) is 2. The van der Waals surface area contributed by atoms with E-state index in [1.165, 1.54) is 55.6 Å². The van der Waals surface area contributed by atoms with Crippen LogP contribution in [-0.4, -0.2) is 25.1 Å². The summed E-state index contributed by atoms with van der Waals surface area (Å²) in [7, 11) is 1.54. The highest BCUT2D eigenvalue weighted by atomic mass is 19.4. The molecule has 3 aromatic carbocycles. The first-order valence-corrected chi connectivity index (χ1v) is 9.47. The average Bonchev–Trinajstić information content (AvgIpc) is 2.78. The molecule has 0 aliphatic carbocycles. The fourth-order valence-corrected chi connectivity index (χ4v) is 2.84. The molecule has 0 aromatic heterocycles. The van der Waals surface area contributed by atoms with Crippen molar-refractivity contribution in [1.82, 2.24) is 0 Å². The summed E-state index contributed by atoms with van der Waals surface area (Å²) in [5.74, 6) is -0.661. The van der Waals surface area contributed by atoms with Gasteiger partial charge in [-0.25, -0.2) is 0 Å². The summed E-state index contributed by atoms with van der Waals surface area (Å²) in [4.78, 5) is 24.5. The van der Waals surface area contributed by atoms with E-state index in [0.717, 1.165) is 0 Å². The van der Waals surface area contributed by atoms with Crippen LogP contribution in [0.5, 0.6) is 5.75 Å². The first kappa shape index (κ1) is 22.6. The van der Waals surface area contributed by atoms with Crippen LogP contribution >= 0.6 is 0 Å². The minimum Gasteiger partial charge on any atom is -0.497 e. The van der Waals surface area contributed by atoms with Crippen molar-refractivity contribution in [3.63, 3.8) is 0 Å². The van der Waals surface area contributed by atoms with Gasteiger partial charge in [0.25, 0.3) is 5.91 Å². The molecule has 0 saturated heterocycles. The number of alkyl halides is 3. The number of allylic oxidation sites excluding steroid dienone is 1. The van der Waals surface area contributed by atoms with E-state index in [0.29, 0.717) is 23.1 Å². The number of ether oxygens (including phenoxy) is 1. The van der Waals surface area contributed by atoms with Crippen molar-refractivity contribution in [2.24, 2.45) is 0 Å². The average molecular weight is 440 g/mol. The molecular formula is C24H19F3N2O3. The van der Waals surface area contributed by atoms with Crippen molar-refractivity contribution in [1.29, 1.82) is 0 Å². The molecule has 0 saturated carbocycles. The molecule has 164 valence electrons. The summed E-state index contributed by atoms with van der Waals surface area (Å²) >= 11 is 0. The molecule has 3 aromatic rings. The molecule has 5 nitrogen and oxygen atoms in total. The maximum absolute atomic E-state index is 13.4. The Morgan fingerprint density at radius 2 is 1.34 bits per heavy atom. The number of halogens is 3. The second-order valence-corrected chi connectivity index (χ2v) is 6.67. The van der Waals surface area contributed by atoms with Gasteiger partial charge >= 0.3 is 6.18 Å². The molecule has 0 aliphatic heterocycles. The van der Waals surface area contributed by atoms with Crippen molar-refractivity contribution in [3.8, 4) is 5.75 Å². The zero-order valence-corrected chi connectivity index (χ0v) is 16.9. The van der Waals surface area contributed by atoms with Crippen LogP contribution in [0.15, 0.2) is 84.9 Å². The van der Waals surface area contributed by atoms with Crippen molar-refractivity contribution in [2.75, 3.05) is 17.7 Å². The molecule has 2 N–H and O–H groups in total. The molecule has 0 fully saturated rings. The van der Waals surface area contributed by atoms with E-state index >= 15 is 0 Å². The van der Waals surface area contributed by atoms with E-state index in [9.17, 15) is 22.8 Å². The second kappa shape index (κ2) is 9.82. The number of carbonyl (C=O) groups is 2. The first-order valence-electron chi connectivity index (χ1n) is 9.47. The Bertz CT molecular complexity index is 1110. The predicted molar refractivity (Wildman–Crippen MR) is 116 cm³/mol. The largest absolute Gasteiger partial charge is 0.497 e. The number of hydrogen-bond acceptors (Lipinski definition) is 3. The molecule has 0 spiro atoms. The van der Waals surface area contributed by atoms with Crippen molar-refractivity contribution in [2.45, 2.75) is 6.18 Å². The van der Waals surface area contributed by atoms with Gasteiger partial charge in [-0.05, 0) is 54.1 Å². The Labute approximate surface area is 182 Å². The van der Waals surface area contributed by atoms with Gasteiger partial charge < -0.3 is 15.4 Å². The summed E-state index contributed by atoms with van der Waals surface area (Å²) in [5.41, 5.74) is -0.0258. The van der Waals surface area contributed by atoms with Gasteiger partial charge in [0.05, 0.1) is 12.7 Å². The Morgan fingerprint density at radius 3 is 1.91 bits per heavy atom. The van der Waals surface area contributed by atoms with Crippen LogP contribution in [0.1, 0.15) is 15.9 Å². The van der Waals surface area contributed by atoms with E-state index in [4.69, 9.17) is 4.74 Å². The van der Waals surface area contributed by atoms with Crippen LogP contribution < -0.4 is 15.4 Å². The molecule has 3 rings (SSSR count). The predicted octanol–water partition coefficient (Wildman–Crippen LogP) is 5.53. The standard InChI is InChI=1S/C24H19F3N2O3/c1-32-20-13-11-19(12-14-20)29-23(31)17-7-9-18(10-8-17)28-22(30)15-21(24(25,26)27)16-5-3-2-4-6-16/h2-15H,1H3,(H,28,30)(H,29,31)/b21-15-. The SMILES string of the molecule is COc1ccc(NC(=O)c2ccc(NC(=O)/C=C(/c3ccccc3)C(F)(F)F)cc2)cc1. The van der Waals surface area contributed by atoms with E-state index < -0.39 is 17.7 Å². The molecule has 0 bridgehead atoms. The van der Waals surface area contributed by atoms with Crippen LogP contribution in [0, 0.1) is 0 Å². The number of amides is 2. The Morgan fingerprint density at radius 1 is 0.781 bits per heavy atom. The summed E-state index contributed by atoms with van der Waals surface area (Å²) in [6.45, 7) is 0. The van der Waals surface area contributed by atoms with Gasteiger partial charge in [-0.1, -0.05) is 30.3 Å². The van der Waals surface area contributed by atoms with Gasteiger partial charge in [0, 0.05) is 23.0 Å². The lowest BCUT2D eigenvalue weighted by Gasteiger charge is -2.12. The highest BCUT2D eigenvalue weighted by Crippen LogP contribution is 2.33. The van der Waals surface area contributed by atoms with Gasteiger partial charge in [-0.15, -0.1) is 0 Å². The minimum atomic E-state index is -4.69. The maximum Gasteiger partial charge on any atom is 0.417 e. The zero-order valence-electron chi connectivity index (χ0n) is 16.9. The molecule has 0 radical (unpaired) electrons. The highest BCUT2D eigenvalue weighted by Gasteiger charge is 2.35. The third-order valence-corrected chi connectivity index (χ3v) is 4.43. The monoisotopic (exact) mass is 440 g/mol. The number of rotatable bonds is 6. The Kier molecular flexibility index (Phi) is 6.94. The third kappa shape index (κ3) is 5.98. The second-order valence-electron chi connectivity index (χ2n) is 6.67.